The summed E-state index contributed by atoms with van der Waals surface area (Å²) in [6.45, 7) is 7.66. The Morgan fingerprint density at radius 2 is 1.68 bits per heavy atom. The molecule has 0 radical (unpaired) electrons. The first-order valence-corrected chi connectivity index (χ1v) is 9.38. The molecule has 3 rings (SSSR count). The van der Waals surface area contributed by atoms with Gasteiger partial charge in [-0.05, 0) is 51.5 Å². The number of rotatable bonds is 6. The summed E-state index contributed by atoms with van der Waals surface area (Å²) >= 11 is 0. The molecule has 2 aromatic carbocycles. The van der Waals surface area contributed by atoms with Crippen molar-refractivity contribution in [2.24, 2.45) is 0 Å². The van der Waals surface area contributed by atoms with Gasteiger partial charge in [-0.15, -0.1) is 0 Å². The maximum absolute atomic E-state index is 12.5. The number of carbonyl (C=O) groups excluding carboxylic acids is 2. The topological polar surface area (TPSA) is 64.0 Å². The summed E-state index contributed by atoms with van der Waals surface area (Å²) < 4.78 is 1.81. The van der Waals surface area contributed by atoms with E-state index in [0.29, 0.717) is 11.3 Å². The van der Waals surface area contributed by atoms with Gasteiger partial charge in [0.1, 0.15) is 0 Å². The molecule has 0 saturated heterocycles. The normalized spacial score (nSPS) is 10.7. The number of amides is 1. The number of hydrogen-bond acceptors (Lipinski definition) is 3. The van der Waals surface area contributed by atoms with Gasteiger partial charge in [-0.1, -0.05) is 35.9 Å². The van der Waals surface area contributed by atoms with Crippen LogP contribution < -0.4 is 5.32 Å². The van der Waals surface area contributed by atoms with E-state index in [9.17, 15) is 9.59 Å². The van der Waals surface area contributed by atoms with E-state index < -0.39 is 0 Å². The first-order valence-electron chi connectivity index (χ1n) is 9.38. The highest BCUT2D eigenvalue weighted by Gasteiger charge is 2.17. The molecule has 0 aliphatic heterocycles. The van der Waals surface area contributed by atoms with Gasteiger partial charge < -0.3 is 5.32 Å². The van der Waals surface area contributed by atoms with Crippen molar-refractivity contribution in [3.8, 4) is 5.69 Å². The van der Waals surface area contributed by atoms with Crippen molar-refractivity contribution in [3.05, 3.63) is 76.6 Å². The molecule has 5 nitrogen and oxygen atoms in total. The lowest BCUT2D eigenvalue weighted by molar-refractivity contribution is -0.116. The average molecular weight is 375 g/mol. The van der Waals surface area contributed by atoms with Crippen LogP contribution >= 0.6 is 0 Å². The number of para-hydroxylation sites is 1. The quantitative estimate of drug-likeness (QED) is 0.635. The Bertz CT molecular complexity index is 1020. The van der Waals surface area contributed by atoms with Gasteiger partial charge in [-0.2, -0.15) is 5.10 Å². The van der Waals surface area contributed by atoms with E-state index in [1.807, 2.05) is 80.9 Å². The third kappa shape index (κ3) is 4.19. The summed E-state index contributed by atoms with van der Waals surface area (Å²) in [5, 5.41) is 7.46. The molecule has 3 aromatic rings. The average Bonchev–Trinajstić information content (AvgIpc) is 2.97. The lowest BCUT2D eigenvalue weighted by atomic mass is 9.99. The van der Waals surface area contributed by atoms with Crippen LogP contribution in [0.1, 0.15) is 45.7 Å². The van der Waals surface area contributed by atoms with Gasteiger partial charge >= 0.3 is 0 Å². The second-order valence-corrected chi connectivity index (χ2v) is 7.08. The highest BCUT2D eigenvalue weighted by Crippen LogP contribution is 2.23. The maximum Gasteiger partial charge on any atom is 0.224 e. The van der Waals surface area contributed by atoms with Crippen LogP contribution in [0.15, 0.2) is 48.5 Å². The molecule has 0 saturated carbocycles. The molecular formula is C23H25N3O2. The van der Waals surface area contributed by atoms with E-state index in [1.54, 1.807) is 0 Å². The Morgan fingerprint density at radius 1 is 0.964 bits per heavy atom. The van der Waals surface area contributed by atoms with Crippen LogP contribution in [0.2, 0.25) is 0 Å². The van der Waals surface area contributed by atoms with E-state index in [0.717, 1.165) is 28.2 Å². The smallest absolute Gasteiger partial charge is 0.224 e. The van der Waals surface area contributed by atoms with Gasteiger partial charge in [0.2, 0.25) is 5.91 Å². The molecule has 0 atom stereocenters. The van der Waals surface area contributed by atoms with Crippen molar-refractivity contribution < 1.29 is 9.59 Å². The Morgan fingerprint density at radius 3 is 2.39 bits per heavy atom. The number of hydrogen-bond donors (Lipinski definition) is 1. The molecule has 144 valence electrons. The van der Waals surface area contributed by atoms with Crippen LogP contribution in [-0.2, 0) is 4.79 Å². The van der Waals surface area contributed by atoms with E-state index in [2.05, 4.69) is 10.4 Å². The molecule has 0 aliphatic carbocycles. The number of carbonyl (C=O) groups is 2. The second kappa shape index (κ2) is 8.21. The van der Waals surface area contributed by atoms with Gasteiger partial charge in [0.25, 0.3) is 0 Å². The SMILES string of the molecule is Cc1ccc(C)c(C(=O)CCC(=O)Nc2c(C)nn(-c3ccccc3)c2C)c1. The minimum absolute atomic E-state index is 0.00947. The molecule has 0 fully saturated rings. The first-order chi connectivity index (χ1) is 13.4. The fraction of sp³-hybridized carbons (Fsp3) is 0.261. The monoisotopic (exact) mass is 375 g/mol. The van der Waals surface area contributed by atoms with Crippen molar-refractivity contribution in [1.29, 1.82) is 0 Å². The summed E-state index contributed by atoms with van der Waals surface area (Å²) in [6.07, 6.45) is 0.322. The molecular weight excluding hydrogens is 350 g/mol. The fourth-order valence-corrected chi connectivity index (χ4v) is 3.24. The number of aryl methyl sites for hydroxylation is 3. The summed E-state index contributed by atoms with van der Waals surface area (Å²) in [5.74, 6) is -0.192. The number of nitrogens with zero attached hydrogens (tertiary/aromatic N) is 2. The highest BCUT2D eigenvalue weighted by atomic mass is 16.2. The molecule has 0 unspecified atom stereocenters. The summed E-state index contributed by atoms with van der Waals surface area (Å²) in [5.41, 5.74) is 5.91. The van der Waals surface area contributed by atoms with Crippen LogP contribution in [0.5, 0.6) is 0 Å². The molecule has 1 heterocycles. The Kier molecular flexibility index (Phi) is 5.73. The third-order valence-corrected chi connectivity index (χ3v) is 4.83. The second-order valence-electron chi connectivity index (χ2n) is 7.08. The van der Waals surface area contributed by atoms with Crippen LogP contribution in [0.4, 0.5) is 5.69 Å². The number of aromatic nitrogens is 2. The molecule has 1 amide bonds. The minimum Gasteiger partial charge on any atom is -0.323 e. The van der Waals surface area contributed by atoms with E-state index in [-0.39, 0.29) is 24.5 Å². The summed E-state index contributed by atoms with van der Waals surface area (Å²) in [6, 6.07) is 15.6. The number of nitrogens with one attached hydrogen (secondary N) is 1. The standard InChI is InChI=1S/C23H25N3O2/c1-15-10-11-16(2)20(14-15)21(27)12-13-22(28)24-23-17(3)25-26(18(23)4)19-8-6-5-7-9-19/h5-11,14H,12-13H2,1-4H3,(H,24,28). The molecule has 1 aromatic heterocycles. The number of anilines is 1. The largest absolute Gasteiger partial charge is 0.323 e. The summed E-state index contributed by atoms with van der Waals surface area (Å²) in [7, 11) is 0. The van der Waals surface area contributed by atoms with Gasteiger partial charge in [0, 0.05) is 18.4 Å². The van der Waals surface area contributed by atoms with Crippen molar-refractivity contribution in [3.63, 3.8) is 0 Å². The van der Waals surface area contributed by atoms with Crippen LogP contribution in [0.3, 0.4) is 0 Å². The predicted molar refractivity (Wildman–Crippen MR) is 111 cm³/mol. The Balaban J connectivity index is 1.68. The lowest BCUT2D eigenvalue weighted by Crippen LogP contribution is -2.15. The minimum atomic E-state index is -0.183. The van der Waals surface area contributed by atoms with Crippen LogP contribution in [0.25, 0.3) is 5.69 Å². The number of benzene rings is 2. The Labute approximate surface area is 165 Å². The van der Waals surface area contributed by atoms with Crippen LogP contribution in [0, 0.1) is 27.7 Å². The number of Topliss-reactive ketones (excluding diaryl/α,β-unsaturated/α-hetero) is 1. The molecule has 1 N–H and O–H groups in total. The zero-order chi connectivity index (χ0) is 20.3. The van der Waals surface area contributed by atoms with E-state index >= 15 is 0 Å². The molecule has 0 bridgehead atoms. The zero-order valence-electron chi connectivity index (χ0n) is 16.7. The van der Waals surface area contributed by atoms with Crippen molar-refractivity contribution in [2.75, 3.05) is 5.32 Å². The maximum atomic E-state index is 12.5. The number of ketones is 1. The van der Waals surface area contributed by atoms with Crippen molar-refractivity contribution in [1.82, 2.24) is 9.78 Å². The first kappa shape index (κ1) is 19.5. The molecule has 5 heteroatoms. The van der Waals surface area contributed by atoms with Crippen molar-refractivity contribution in [2.45, 2.75) is 40.5 Å². The van der Waals surface area contributed by atoms with Crippen LogP contribution in [-0.4, -0.2) is 21.5 Å². The van der Waals surface area contributed by atoms with Gasteiger partial charge in [-0.25, -0.2) is 4.68 Å². The highest BCUT2D eigenvalue weighted by molar-refractivity contribution is 6.01. The third-order valence-electron chi connectivity index (χ3n) is 4.83. The van der Waals surface area contributed by atoms with Gasteiger partial charge in [0.15, 0.2) is 5.78 Å². The lowest BCUT2D eigenvalue weighted by Gasteiger charge is -2.08. The van der Waals surface area contributed by atoms with E-state index in [1.165, 1.54) is 0 Å². The molecule has 28 heavy (non-hydrogen) atoms. The zero-order valence-corrected chi connectivity index (χ0v) is 16.7. The predicted octanol–water partition coefficient (Wildman–Crippen LogP) is 4.71. The molecule has 0 spiro atoms. The summed E-state index contributed by atoms with van der Waals surface area (Å²) in [4.78, 5) is 25.0. The van der Waals surface area contributed by atoms with Gasteiger partial charge in [-0.3, -0.25) is 9.59 Å². The fourth-order valence-electron chi connectivity index (χ4n) is 3.24. The molecule has 0 aliphatic rings. The Hall–Kier alpha value is -3.21. The van der Waals surface area contributed by atoms with Gasteiger partial charge in [0.05, 0.1) is 22.8 Å². The van der Waals surface area contributed by atoms with Crippen molar-refractivity contribution >= 4 is 17.4 Å². The van der Waals surface area contributed by atoms with E-state index in [4.69, 9.17) is 0 Å².